The van der Waals surface area contributed by atoms with Gasteiger partial charge in [0.2, 0.25) is 0 Å². The molecule has 2 rings (SSSR count). The molecule has 0 aromatic heterocycles. The molecule has 2 aromatic carbocycles. The number of halogens is 1. The molecular formula is C18H18ClNO3. The Labute approximate surface area is 140 Å². The van der Waals surface area contributed by atoms with E-state index < -0.39 is 6.10 Å². The average Bonchev–Trinajstić information content (AvgIpc) is 2.54. The fourth-order valence-corrected chi connectivity index (χ4v) is 2.22. The predicted molar refractivity (Wildman–Crippen MR) is 89.8 cm³/mol. The van der Waals surface area contributed by atoms with Gasteiger partial charge in [0.25, 0.3) is 5.91 Å². The molecule has 1 N–H and O–H groups in total. The van der Waals surface area contributed by atoms with Gasteiger partial charge in [-0.1, -0.05) is 41.9 Å². The van der Waals surface area contributed by atoms with Crippen molar-refractivity contribution < 1.29 is 14.3 Å². The van der Waals surface area contributed by atoms with E-state index in [1.165, 1.54) is 6.92 Å². The van der Waals surface area contributed by atoms with E-state index in [2.05, 4.69) is 5.32 Å². The Balaban J connectivity index is 1.94. The maximum atomic E-state index is 12.1. The second kappa shape index (κ2) is 7.79. The van der Waals surface area contributed by atoms with Gasteiger partial charge in [0.15, 0.2) is 11.9 Å². The van der Waals surface area contributed by atoms with Crippen LogP contribution < -0.4 is 10.1 Å². The number of ketones is 1. The molecule has 0 saturated heterocycles. The highest BCUT2D eigenvalue weighted by molar-refractivity contribution is 6.31. The Bertz CT molecular complexity index is 715. The lowest BCUT2D eigenvalue weighted by atomic mass is 10.1. The van der Waals surface area contributed by atoms with Gasteiger partial charge in [-0.2, -0.15) is 0 Å². The molecule has 0 bridgehead atoms. The number of ether oxygens (including phenoxy) is 1. The van der Waals surface area contributed by atoms with Crippen molar-refractivity contribution in [2.45, 2.75) is 26.5 Å². The Morgan fingerprint density at radius 1 is 1.17 bits per heavy atom. The Kier molecular flexibility index (Phi) is 5.77. The lowest BCUT2D eigenvalue weighted by molar-refractivity contribution is -0.127. The summed E-state index contributed by atoms with van der Waals surface area (Å²) in [6.45, 7) is 3.47. The van der Waals surface area contributed by atoms with E-state index in [1.807, 2.05) is 18.2 Å². The van der Waals surface area contributed by atoms with E-state index in [9.17, 15) is 9.59 Å². The van der Waals surface area contributed by atoms with Crippen molar-refractivity contribution in [3.05, 3.63) is 64.7 Å². The summed E-state index contributed by atoms with van der Waals surface area (Å²) in [5.41, 5.74) is 1.39. The number of carbonyl (C=O) groups excluding carboxylic acids is 2. The molecule has 0 aliphatic carbocycles. The van der Waals surface area contributed by atoms with Gasteiger partial charge in [-0.25, -0.2) is 0 Å². The molecule has 1 amide bonds. The van der Waals surface area contributed by atoms with Gasteiger partial charge in [0, 0.05) is 17.1 Å². The van der Waals surface area contributed by atoms with Gasteiger partial charge >= 0.3 is 0 Å². The minimum Gasteiger partial charge on any atom is -0.481 e. The molecule has 0 radical (unpaired) electrons. The van der Waals surface area contributed by atoms with Crippen molar-refractivity contribution in [2.75, 3.05) is 0 Å². The topological polar surface area (TPSA) is 55.4 Å². The van der Waals surface area contributed by atoms with Crippen molar-refractivity contribution in [2.24, 2.45) is 0 Å². The molecule has 2 aromatic rings. The summed E-state index contributed by atoms with van der Waals surface area (Å²) in [5.74, 6) is 0.183. The predicted octanol–water partition coefficient (Wildman–Crippen LogP) is 3.63. The summed E-state index contributed by atoms with van der Waals surface area (Å²) in [5, 5.41) is 3.39. The summed E-state index contributed by atoms with van der Waals surface area (Å²) >= 11 is 6.05. The van der Waals surface area contributed by atoms with Gasteiger partial charge in [0.1, 0.15) is 5.75 Å². The van der Waals surface area contributed by atoms with Crippen LogP contribution in [-0.2, 0) is 11.3 Å². The lowest BCUT2D eigenvalue weighted by Gasteiger charge is -2.15. The number of benzene rings is 2. The molecule has 0 heterocycles. The van der Waals surface area contributed by atoms with E-state index >= 15 is 0 Å². The second-order valence-electron chi connectivity index (χ2n) is 5.15. The third-order valence-corrected chi connectivity index (χ3v) is 3.70. The highest BCUT2D eigenvalue weighted by Gasteiger charge is 2.15. The van der Waals surface area contributed by atoms with Crippen LogP contribution in [0.2, 0.25) is 5.02 Å². The maximum absolute atomic E-state index is 12.1. The highest BCUT2D eigenvalue weighted by Crippen LogP contribution is 2.16. The summed E-state index contributed by atoms with van der Waals surface area (Å²) in [6.07, 6.45) is -0.681. The fourth-order valence-electron chi connectivity index (χ4n) is 2.01. The van der Waals surface area contributed by atoms with Crippen LogP contribution in [0.4, 0.5) is 0 Å². The number of amides is 1. The summed E-state index contributed by atoms with van der Waals surface area (Å²) < 4.78 is 5.59. The molecule has 0 unspecified atom stereocenters. The van der Waals surface area contributed by atoms with Crippen molar-refractivity contribution in [1.29, 1.82) is 0 Å². The van der Waals surface area contributed by atoms with E-state index in [4.69, 9.17) is 16.3 Å². The first-order valence-electron chi connectivity index (χ1n) is 7.26. The molecular weight excluding hydrogens is 314 g/mol. The van der Waals surface area contributed by atoms with Crippen LogP contribution in [0.1, 0.15) is 29.8 Å². The molecule has 4 nitrogen and oxygen atoms in total. The van der Waals surface area contributed by atoms with E-state index in [0.29, 0.717) is 22.9 Å². The maximum Gasteiger partial charge on any atom is 0.261 e. The number of hydrogen-bond donors (Lipinski definition) is 1. The zero-order valence-corrected chi connectivity index (χ0v) is 13.8. The van der Waals surface area contributed by atoms with Gasteiger partial charge < -0.3 is 10.1 Å². The zero-order valence-electron chi connectivity index (χ0n) is 13.0. The van der Waals surface area contributed by atoms with Crippen molar-refractivity contribution >= 4 is 23.3 Å². The smallest absolute Gasteiger partial charge is 0.261 e. The van der Waals surface area contributed by atoms with E-state index in [0.717, 1.165) is 5.56 Å². The van der Waals surface area contributed by atoms with E-state index in [-0.39, 0.29) is 11.7 Å². The van der Waals surface area contributed by atoms with Crippen molar-refractivity contribution in [1.82, 2.24) is 5.32 Å². The zero-order chi connectivity index (χ0) is 16.8. The molecule has 0 fully saturated rings. The lowest BCUT2D eigenvalue weighted by Crippen LogP contribution is -2.36. The van der Waals surface area contributed by atoms with Gasteiger partial charge in [-0.05, 0) is 37.6 Å². The van der Waals surface area contributed by atoms with Crippen LogP contribution in [-0.4, -0.2) is 17.8 Å². The Morgan fingerprint density at radius 3 is 2.61 bits per heavy atom. The van der Waals surface area contributed by atoms with Gasteiger partial charge in [0.05, 0.1) is 0 Å². The van der Waals surface area contributed by atoms with Crippen LogP contribution >= 0.6 is 11.6 Å². The van der Waals surface area contributed by atoms with Crippen LogP contribution in [0.15, 0.2) is 48.5 Å². The highest BCUT2D eigenvalue weighted by atomic mass is 35.5. The van der Waals surface area contributed by atoms with Crippen LogP contribution in [0, 0.1) is 0 Å². The molecule has 120 valence electrons. The largest absolute Gasteiger partial charge is 0.481 e. The minimum absolute atomic E-state index is 0.0497. The summed E-state index contributed by atoms with van der Waals surface area (Å²) in [6, 6.07) is 14.1. The fraction of sp³-hybridized carbons (Fsp3) is 0.222. The molecule has 1 atom stereocenters. The number of Topliss-reactive ketones (excluding diaryl/α,β-unsaturated/α-hetero) is 1. The molecule has 23 heavy (non-hydrogen) atoms. The number of nitrogens with one attached hydrogen (secondary N) is 1. The normalized spacial score (nSPS) is 11.6. The minimum atomic E-state index is -0.681. The molecule has 0 aliphatic rings. The molecule has 0 aliphatic heterocycles. The van der Waals surface area contributed by atoms with Crippen LogP contribution in [0.5, 0.6) is 5.75 Å². The number of carbonyl (C=O) groups is 2. The van der Waals surface area contributed by atoms with Crippen molar-refractivity contribution in [3.8, 4) is 5.75 Å². The first kappa shape index (κ1) is 17.0. The van der Waals surface area contributed by atoms with Crippen LogP contribution in [0.25, 0.3) is 0 Å². The van der Waals surface area contributed by atoms with Crippen LogP contribution in [0.3, 0.4) is 0 Å². The number of rotatable bonds is 6. The Hall–Kier alpha value is -2.33. The second-order valence-corrected chi connectivity index (χ2v) is 5.56. The first-order chi connectivity index (χ1) is 11.0. The monoisotopic (exact) mass is 331 g/mol. The van der Waals surface area contributed by atoms with Gasteiger partial charge in [-0.15, -0.1) is 0 Å². The third-order valence-electron chi connectivity index (χ3n) is 3.33. The van der Waals surface area contributed by atoms with E-state index in [1.54, 1.807) is 37.3 Å². The SMILES string of the molecule is CC(=O)c1cccc(O[C@H](C)C(=O)NCc2ccccc2Cl)c1. The third kappa shape index (κ3) is 4.83. The molecule has 0 saturated carbocycles. The average molecular weight is 332 g/mol. The molecule has 0 spiro atoms. The standard InChI is InChI=1S/C18H18ClNO3/c1-12(21)14-7-5-8-16(10-14)23-13(2)18(22)20-11-15-6-3-4-9-17(15)19/h3-10,13H,11H2,1-2H3,(H,20,22)/t13-/m1/s1. The number of hydrogen-bond acceptors (Lipinski definition) is 3. The summed E-state index contributed by atoms with van der Waals surface area (Å²) in [7, 11) is 0. The van der Waals surface area contributed by atoms with Gasteiger partial charge in [-0.3, -0.25) is 9.59 Å². The quantitative estimate of drug-likeness (QED) is 0.822. The Morgan fingerprint density at radius 2 is 1.91 bits per heavy atom. The molecule has 5 heteroatoms. The van der Waals surface area contributed by atoms with Crippen molar-refractivity contribution in [3.63, 3.8) is 0 Å². The summed E-state index contributed by atoms with van der Waals surface area (Å²) in [4.78, 5) is 23.5. The first-order valence-corrected chi connectivity index (χ1v) is 7.64.